The van der Waals surface area contributed by atoms with Crippen LogP contribution in [0.1, 0.15) is 24.2 Å². The number of carbonyl (C=O) groups is 1. The molecule has 0 aliphatic carbocycles. The third-order valence-corrected chi connectivity index (χ3v) is 2.13. The van der Waals surface area contributed by atoms with Crippen LogP contribution < -0.4 is 11.1 Å². The third-order valence-electron chi connectivity index (χ3n) is 2.13. The molecule has 0 aliphatic heterocycles. The highest BCUT2D eigenvalue weighted by atomic mass is 16.5. The van der Waals surface area contributed by atoms with E-state index in [-0.39, 0.29) is 5.91 Å². The van der Waals surface area contributed by atoms with Crippen molar-refractivity contribution in [1.29, 1.82) is 0 Å². The largest absolute Gasteiger partial charge is 0.399 e. The van der Waals surface area contributed by atoms with Crippen LogP contribution in [0.2, 0.25) is 0 Å². The second-order valence-corrected chi connectivity index (χ2v) is 4.35. The molecule has 0 bridgehead atoms. The van der Waals surface area contributed by atoms with Gasteiger partial charge in [0, 0.05) is 24.4 Å². The van der Waals surface area contributed by atoms with Crippen LogP contribution in [-0.4, -0.2) is 25.7 Å². The van der Waals surface area contributed by atoms with Gasteiger partial charge in [0.1, 0.15) is 0 Å². The molecular weight excluding hydrogens is 216 g/mol. The van der Waals surface area contributed by atoms with E-state index < -0.39 is 0 Å². The maximum Gasteiger partial charge on any atom is 0.251 e. The lowest BCUT2D eigenvalue weighted by Gasteiger charge is -2.08. The SMILES string of the molecule is CC(C)COCCNC(=O)c1cccc(N)c1. The van der Waals surface area contributed by atoms with E-state index in [1.807, 2.05) is 0 Å². The Labute approximate surface area is 102 Å². The molecule has 1 rings (SSSR count). The first-order valence-electron chi connectivity index (χ1n) is 5.81. The Balaban J connectivity index is 2.26. The number of rotatable bonds is 6. The van der Waals surface area contributed by atoms with E-state index in [2.05, 4.69) is 19.2 Å². The molecule has 0 saturated carbocycles. The predicted octanol–water partition coefficient (Wildman–Crippen LogP) is 1.67. The zero-order chi connectivity index (χ0) is 12.7. The van der Waals surface area contributed by atoms with Crippen molar-refractivity contribution in [2.24, 2.45) is 5.92 Å². The summed E-state index contributed by atoms with van der Waals surface area (Å²) < 4.78 is 5.37. The first-order valence-corrected chi connectivity index (χ1v) is 5.81. The standard InChI is InChI=1S/C13H20N2O2/c1-10(2)9-17-7-6-15-13(16)11-4-3-5-12(14)8-11/h3-5,8,10H,6-7,9,14H2,1-2H3,(H,15,16). The molecule has 0 fully saturated rings. The fourth-order valence-electron chi connectivity index (χ4n) is 1.34. The smallest absolute Gasteiger partial charge is 0.251 e. The number of nitrogen functional groups attached to an aromatic ring is 1. The molecule has 0 heterocycles. The summed E-state index contributed by atoms with van der Waals surface area (Å²) in [5.74, 6) is 0.394. The highest BCUT2D eigenvalue weighted by Crippen LogP contribution is 2.05. The number of nitrogens with two attached hydrogens (primary N) is 1. The number of amides is 1. The Morgan fingerprint density at radius 2 is 2.24 bits per heavy atom. The Hall–Kier alpha value is -1.55. The lowest BCUT2D eigenvalue weighted by Crippen LogP contribution is -2.27. The van der Waals surface area contributed by atoms with Gasteiger partial charge in [0.15, 0.2) is 0 Å². The lowest BCUT2D eigenvalue weighted by atomic mass is 10.2. The molecule has 17 heavy (non-hydrogen) atoms. The second kappa shape index (κ2) is 6.91. The summed E-state index contributed by atoms with van der Waals surface area (Å²) in [6, 6.07) is 6.91. The number of anilines is 1. The molecule has 3 N–H and O–H groups in total. The van der Waals surface area contributed by atoms with E-state index in [0.717, 1.165) is 0 Å². The summed E-state index contributed by atoms with van der Waals surface area (Å²) in [6.07, 6.45) is 0. The van der Waals surface area contributed by atoms with Crippen molar-refractivity contribution in [3.8, 4) is 0 Å². The molecular formula is C13H20N2O2. The molecule has 4 heteroatoms. The molecule has 0 atom stereocenters. The number of hydrogen-bond donors (Lipinski definition) is 2. The molecule has 0 aliphatic rings. The van der Waals surface area contributed by atoms with E-state index in [1.165, 1.54) is 0 Å². The monoisotopic (exact) mass is 236 g/mol. The zero-order valence-electron chi connectivity index (χ0n) is 10.4. The topological polar surface area (TPSA) is 64.3 Å². The molecule has 4 nitrogen and oxygen atoms in total. The maximum atomic E-state index is 11.7. The minimum absolute atomic E-state index is 0.120. The van der Waals surface area contributed by atoms with Gasteiger partial charge >= 0.3 is 0 Å². The van der Waals surface area contributed by atoms with Gasteiger partial charge in [-0.1, -0.05) is 19.9 Å². The zero-order valence-corrected chi connectivity index (χ0v) is 10.4. The van der Waals surface area contributed by atoms with Crippen LogP contribution in [-0.2, 0) is 4.74 Å². The van der Waals surface area contributed by atoms with Crippen molar-refractivity contribution in [2.45, 2.75) is 13.8 Å². The summed E-state index contributed by atoms with van der Waals surface area (Å²) >= 11 is 0. The van der Waals surface area contributed by atoms with Gasteiger partial charge in [-0.3, -0.25) is 4.79 Å². The van der Waals surface area contributed by atoms with Crippen molar-refractivity contribution >= 4 is 11.6 Å². The van der Waals surface area contributed by atoms with Gasteiger partial charge in [-0.05, 0) is 24.1 Å². The van der Waals surface area contributed by atoms with Crippen LogP contribution in [0.25, 0.3) is 0 Å². The van der Waals surface area contributed by atoms with Gasteiger partial charge in [0.2, 0.25) is 0 Å². The summed E-state index contributed by atoms with van der Waals surface area (Å²) in [7, 11) is 0. The predicted molar refractivity (Wildman–Crippen MR) is 68.8 cm³/mol. The molecule has 0 unspecified atom stereocenters. The normalized spacial score (nSPS) is 10.5. The van der Waals surface area contributed by atoms with Crippen molar-refractivity contribution < 1.29 is 9.53 Å². The van der Waals surface area contributed by atoms with Crippen LogP contribution in [0.3, 0.4) is 0 Å². The van der Waals surface area contributed by atoms with Crippen molar-refractivity contribution in [2.75, 3.05) is 25.5 Å². The van der Waals surface area contributed by atoms with Crippen LogP contribution in [0.5, 0.6) is 0 Å². The summed E-state index contributed by atoms with van der Waals surface area (Å²) in [6.45, 7) is 5.94. The number of carbonyl (C=O) groups excluding carboxylic acids is 1. The highest BCUT2D eigenvalue weighted by Gasteiger charge is 2.04. The first-order chi connectivity index (χ1) is 8.09. The van der Waals surface area contributed by atoms with Crippen LogP contribution in [0, 0.1) is 5.92 Å². The Kier molecular flexibility index (Phi) is 5.49. The molecule has 0 spiro atoms. The van der Waals surface area contributed by atoms with Gasteiger partial charge < -0.3 is 15.8 Å². The van der Waals surface area contributed by atoms with Gasteiger partial charge in [0.05, 0.1) is 6.61 Å². The van der Waals surface area contributed by atoms with Gasteiger partial charge in [-0.15, -0.1) is 0 Å². The number of nitrogens with one attached hydrogen (secondary N) is 1. The molecule has 94 valence electrons. The molecule has 0 radical (unpaired) electrons. The van der Waals surface area contributed by atoms with E-state index in [4.69, 9.17) is 10.5 Å². The molecule has 1 aromatic rings. The average Bonchev–Trinajstić information content (AvgIpc) is 2.28. The quantitative estimate of drug-likeness (QED) is 0.583. The van der Waals surface area contributed by atoms with Gasteiger partial charge in [-0.2, -0.15) is 0 Å². The minimum Gasteiger partial charge on any atom is -0.399 e. The van der Waals surface area contributed by atoms with Crippen molar-refractivity contribution in [3.05, 3.63) is 29.8 Å². The summed E-state index contributed by atoms with van der Waals surface area (Å²) in [5, 5.41) is 2.78. The summed E-state index contributed by atoms with van der Waals surface area (Å²) in [4.78, 5) is 11.7. The van der Waals surface area contributed by atoms with E-state index in [0.29, 0.717) is 36.9 Å². The van der Waals surface area contributed by atoms with Crippen LogP contribution >= 0.6 is 0 Å². The minimum atomic E-state index is -0.120. The Morgan fingerprint density at radius 3 is 2.88 bits per heavy atom. The Bertz CT molecular complexity index is 364. The average molecular weight is 236 g/mol. The van der Waals surface area contributed by atoms with Crippen LogP contribution in [0.4, 0.5) is 5.69 Å². The lowest BCUT2D eigenvalue weighted by molar-refractivity contribution is 0.0886. The van der Waals surface area contributed by atoms with E-state index >= 15 is 0 Å². The molecule has 1 amide bonds. The highest BCUT2D eigenvalue weighted by molar-refractivity contribution is 5.94. The molecule has 0 saturated heterocycles. The van der Waals surface area contributed by atoms with Crippen molar-refractivity contribution in [1.82, 2.24) is 5.32 Å². The fraction of sp³-hybridized carbons (Fsp3) is 0.462. The second-order valence-electron chi connectivity index (χ2n) is 4.35. The van der Waals surface area contributed by atoms with Crippen LogP contribution in [0.15, 0.2) is 24.3 Å². The molecule has 0 aromatic heterocycles. The molecule has 1 aromatic carbocycles. The van der Waals surface area contributed by atoms with Gasteiger partial charge in [-0.25, -0.2) is 0 Å². The van der Waals surface area contributed by atoms with E-state index in [1.54, 1.807) is 24.3 Å². The first kappa shape index (κ1) is 13.5. The van der Waals surface area contributed by atoms with Gasteiger partial charge in [0.25, 0.3) is 5.91 Å². The third kappa shape index (κ3) is 5.36. The Morgan fingerprint density at radius 1 is 1.47 bits per heavy atom. The number of ether oxygens (including phenoxy) is 1. The summed E-state index contributed by atoms with van der Waals surface area (Å²) in [5.41, 5.74) is 6.77. The fourth-order valence-corrected chi connectivity index (χ4v) is 1.34. The van der Waals surface area contributed by atoms with Crippen molar-refractivity contribution in [3.63, 3.8) is 0 Å². The maximum absolute atomic E-state index is 11.7. The number of hydrogen-bond acceptors (Lipinski definition) is 3. The number of benzene rings is 1. The van der Waals surface area contributed by atoms with E-state index in [9.17, 15) is 4.79 Å².